The van der Waals surface area contributed by atoms with Crippen molar-refractivity contribution >= 4 is 27.5 Å². The number of nitrogens with two attached hydrogens (primary N) is 1. The lowest BCUT2D eigenvalue weighted by Gasteiger charge is -2.07. The molecule has 0 fully saturated rings. The fourth-order valence-electron chi connectivity index (χ4n) is 1.64. The first kappa shape index (κ1) is 13.4. The molecule has 1 amide bonds. The molecule has 2 aromatic rings. The van der Waals surface area contributed by atoms with Crippen LogP contribution < -0.4 is 11.1 Å². The molecular formula is C14H13BrN2O2. The number of hydrogen-bond donors (Lipinski definition) is 3. The second kappa shape index (κ2) is 5.75. The number of phenolic OH excluding ortho intramolecular Hbond substituents is 1. The van der Waals surface area contributed by atoms with Crippen LogP contribution in [0.2, 0.25) is 0 Å². The van der Waals surface area contributed by atoms with Gasteiger partial charge in [-0.15, -0.1) is 0 Å². The first-order valence-electron chi connectivity index (χ1n) is 5.67. The van der Waals surface area contributed by atoms with Gasteiger partial charge >= 0.3 is 0 Å². The summed E-state index contributed by atoms with van der Waals surface area (Å²) in [5, 5.41) is 12.0. The first-order valence-corrected chi connectivity index (χ1v) is 6.46. The maximum atomic E-state index is 12.0. The van der Waals surface area contributed by atoms with Crippen LogP contribution >= 0.6 is 15.9 Å². The lowest BCUT2D eigenvalue weighted by molar-refractivity contribution is 0.0951. The highest BCUT2D eigenvalue weighted by Gasteiger charge is 2.07. The fourth-order valence-corrected chi connectivity index (χ4v) is 2.15. The number of amides is 1. The van der Waals surface area contributed by atoms with Gasteiger partial charge in [0, 0.05) is 22.3 Å². The third kappa shape index (κ3) is 3.72. The molecule has 0 bridgehead atoms. The van der Waals surface area contributed by atoms with Crippen molar-refractivity contribution in [3.05, 3.63) is 58.1 Å². The number of nitrogen functional groups attached to an aromatic ring is 1. The molecule has 0 atom stereocenters. The smallest absolute Gasteiger partial charge is 0.251 e. The molecule has 19 heavy (non-hydrogen) atoms. The van der Waals surface area contributed by atoms with Crippen molar-refractivity contribution in [3.8, 4) is 5.75 Å². The van der Waals surface area contributed by atoms with Gasteiger partial charge in [0.05, 0.1) is 0 Å². The van der Waals surface area contributed by atoms with E-state index in [-0.39, 0.29) is 11.7 Å². The summed E-state index contributed by atoms with van der Waals surface area (Å²) < 4.78 is 0.766. The summed E-state index contributed by atoms with van der Waals surface area (Å²) in [6, 6.07) is 11.7. The van der Waals surface area contributed by atoms with Crippen molar-refractivity contribution in [1.82, 2.24) is 5.32 Å². The van der Waals surface area contributed by atoms with E-state index < -0.39 is 0 Å². The maximum Gasteiger partial charge on any atom is 0.251 e. The molecule has 98 valence electrons. The number of hydrogen-bond acceptors (Lipinski definition) is 3. The number of nitrogens with one attached hydrogen (secondary N) is 1. The van der Waals surface area contributed by atoms with Gasteiger partial charge in [-0.05, 0) is 35.9 Å². The molecule has 0 spiro atoms. The Morgan fingerprint density at radius 1 is 1.21 bits per heavy atom. The highest BCUT2D eigenvalue weighted by molar-refractivity contribution is 9.10. The molecule has 0 unspecified atom stereocenters. The number of aromatic hydroxyl groups is 1. The number of benzene rings is 2. The highest BCUT2D eigenvalue weighted by atomic mass is 79.9. The molecule has 2 rings (SSSR count). The van der Waals surface area contributed by atoms with E-state index in [0.29, 0.717) is 17.8 Å². The summed E-state index contributed by atoms with van der Waals surface area (Å²) >= 11 is 3.30. The van der Waals surface area contributed by atoms with Gasteiger partial charge in [-0.3, -0.25) is 4.79 Å². The number of carbonyl (C=O) groups is 1. The third-order valence-electron chi connectivity index (χ3n) is 2.57. The molecule has 0 saturated heterocycles. The lowest BCUT2D eigenvalue weighted by atomic mass is 10.1. The minimum absolute atomic E-state index is 0.193. The first-order chi connectivity index (χ1) is 9.04. The summed E-state index contributed by atoms with van der Waals surface area (Å²) in [5.74, 6) is 0.0101. The van der Waals surface area contributed by atoms with Crippen molar-refractivity contribution < 1.29 is 9.90 Å². The van der Waals surface area contributed by atoms with Gasteiger partial charge < -0.3 is 16.2 Å². The van der Waals surface area contributed by atoms with Gasteiger partial charge in [0.25, 0.3) is 5.91 Å². The Labute approximate surface area is 119 Å². The van der Waals surface area contributed by atoms with Crippen LogP contribution in [-0.2, 0) is 6.54 Å². The number of anilines is 1. The zero-order chi connectivity index (χ0) is 13.8. The van der Waals surface area contributed by atoms with E-state index in [4.69, 9.17) is 10.8 Å². The van der Waals surface area contributed by atoms with Crippen molar-refractivity contribution in [2.45, 2.75) is 6.54 Å². The Morgan fingerprint density at radius 2 is 1.89 bits per heavy atom. The molecule has 0 saturated carbocycles. The van der Waals surface area contributed by atoms with E-state index in [1.54, 1.807) is 42.5 Å². The molecule has 0 aliphatic carbocycles. The van der Waals surface area contributed by atoms with Crippen molar-refractivity contribution in [2.24, 2.45) is 0 Å². The van der Waals surface area contributed by atoms with E-state index in [9.17, 15) is 4.79 Å². The van der Waals surface area contributed by atoms with Gasteiger partial charge in [0.2, 0.25) is 0 Å². The molecule has 4 nitrogen and oxygen atoms in total. The van der Waals surface area contributed by atoms with Crippen LogP contribution in [0.5, 0.6) is 5.75 Å². The normalized spacial score (nSPS) is 10.2. The largest absolute Gasteiger partial charge is 0.508 e. The van der Waals surface area contributed by atoms with E-state index >= 15 is 0 Å². The Morgan fingerprint density at radius 3 is 2.53 bits per heavy atom. The number of phenols is 1. The summed E-state index contributed by atoms with van der Waals surface area (Å²) in [7, 11) is 0. The SMILES string of the molecule is Nc1cc(Br)cc(C(=O)NCc2ccc(O)cc2)c1. The predicted octanol–water partition coefficient (Wildman–Crippen LogP) is 2.67. The van der Waals surface area contributed by atoms with Crippen LogP contribution in [0.3, 0.4) is 0 Å². The van der Waals surface area contributed by atoms with Crippen LogP contribution in [0, 0.1) is 0 Å². The summed E-state index contributed by atoms with van der Waals surface area (Å²) in [6.45, 7) is 0.394. The Kier molecular flexibility index (Phi) is 4.06. The molecule has 0 aliphatic heterocycles. The minimum Gasteiger partial charge on any atom is -0.508 e. The third-order valence-corrected chi connectivity index (χ3v) is 3.03. The topological polar surface area (TPSA) is 75.4 Å². The average molecular weight is 321 g/mol. The molecule has 5 heteroatoms. The Bertz CT molecular complexity index is 577. The number of halogens is 1. The zero-order valence-corrected chi connectivity index (χ0v) is 11.6. The van der Waals surface area contributed by atoms with Crippen molar-refractivity contribution in [1.29, 1.82) is 0 Å². The van der Waals surface area contributed by atoms with Crippen LogP contribution in [0.25, 0.3) is 0 Å². The number of carbonyl (C=O) groups excluding carboxylic acids is 1. The Hall–Kier alpha value is -2.01. The highest BCUT2D eigenvalue weighted by Crippen LogP contribution is 2.17. The maximum absolute atomic E-state index is 12.0. The van der Waals surface area contributed by atoms with Crippen LogP contribution in [0.4, 0.5) is 5.69 Å². The molecule has 0 heterocycles. The Balaban J connectivity index is 2.03. The monoisotopic (exact) mass is 320 g/mol. The van der Waals surface area contributed by atoms with Crippen molar-refractivity contribution in [2.75, 3.05) is 5.73 Å². The average Bonchev–Trinajstić information content (AvgIpc) is 2.36. The van der Waals surface area contributed by atoms with Crippen LogP contribution in [0.15, 0.2) is 46.9 Å². The fraction of sp³-hybridized carbons (Fsp3) is 0.0714. The van der Waals surface area contributed by atoms with E-state index in [2.05, 4.69) is 21.2 Å². The lowest BCUT2D eigenvalue weighted by Crippen LogP contribution is -2.22. The number of rotatable bonds is 3. The quantitative estimate of drug-likeness (QED) is 0.761. The van der Waals surface area contributed by atoms with Crippen molar-refractivity contribution in [3.63, 3.8) is 0 Å². The molecule has 0 radical (unpaired) electrons. The van der Waals surface area contributed by atoms with Gasteiger partial charge in [-0.2, -0.15) is 0 Å². The molecule has 0 aromatic heterocycles. The molecule has 2 aromatic carbocycles. The molecule has 4 N–H and O–H groups in total. The zero-order valence-electron chi connectivity index (χ0n) is 10.1. The van der Waals surface area contributed by atoms with Gasteiger partial charge in [-0.1, -0.05) is 28.1 Å². The predicted molar refractivity (Wildman–Crippen MR) is 77.8 cm³/mol. The van der Waals surface area contributed by atoms with E-state index in [0.717, 1.165) is 10.0 Å². The van der Waals surface area contributed by atoms with E-state index in [1.807, 2.05) is 0 Å². The minimum atomic E-state index is -0.193. The van der Waals surface area contributed by atoms with E-state index in [1.165, 1.54) is 0 Å². The van der Waals surface area contributed by atoms with Gasteiger partial charge in [-0.25, -0.2) is 0 Å². The summed E-state index contributed by atoms with van der Waals surface area (Å²) in [5.41, 5.74) is 7.63. The summed E-state index contributed by atoms with van der Waals surface area (Å²) in [4.78, 5) is 12.0. The van der Waals surface area contributed by atoms with Crippen LogP contribution in [-0.4, -0.2) is 11.0 Å². The summed E-state index contributed by atoms with van der Waals surface area (Å²) in [6.07, 6.45) is 0. The van der Waals surface area contributed by atoms with Gasteiger partial charge in [0.15, 0.2) is 0 Å². The van der Waals surface area contributed by atoms with Gasteiger partial charge in [0.1, 0.15) is 5.75 Å². The van der Waals surface area contributed by atoms with Crippen LogP contribution in [0.1, 0.15) is 15.9 Å². The molecular weight excluding hydrogens is 308 g/mol. The molecule has 0 aliphatic rings. The second-order valence-electron chi connectivity index (χ2n) is 4.12. The standard InChI is InChI=1S/C14H13BrN2O2/c15-11-5-10(6-12(16)7-11)14(19)17-8-9-1-3-13(18)4-2-9/h1-7,18H,8,16H2,(H,17,19). The second-order valence-corrected chi connectivity index (χ2v) is 5.04.